The van der Waals surface area contributed by atoms with E-state index in [0.29, 0.717) is 29.5 Å². The summed E-state index contributed by atoms with van der Waals surface area (Å²) in [6, 6.07) is 17.3. The zero-order valence-electron chi connectivity index (χ0n) is 18.5. The molecule has 2 aromatic heterocycles. The van der Waals surface area contributed by atoms with Crippen LogP contribution < -0.4 is 10.5 Å². The van der Waals surface area contributed by atoms with Gasteiger partial charge in [-0.15, -0.1) is 0 Å². The van der Waals surface area contributed by atoms with Gasteiger partial charge < -0.3 is 5.32 Å². The molecule has 1 fully saturated rings. The van der Waals surface area contributed by atoms with Crippen molar-refractivity contribution in [3.63, 3.8) is 0 Å². The molecule has 9 heteroatoms. The monoisotopic (exact) mass is 475 g/mol. The predicted octanol–water partition coefficient (Wildman–Crippen LogP) is 3.75. The highest BCUT2D eigenvalue weighted by Crippen LogP contribution is 2.34. The number of aromatic nitrogens is 3. The maximum Gasteiger partial charge on any atom is 0.210 e. The first-order valence-electron chi connectivity index (χ1n) is 11.2. The molecule has 0 aliphatic heterocycles. The third-order valence-corrected chi connectivity index (χ3v) is 6.69. The summed E-state index contributed by atoms with van der Waals surface area (Å²) in [7, 11) is -3.61. The first kappa shape index (κ1) is 22.2. The molecule has 2 heterocycles. The summed E-state index contributed by atoms with van der Waals surface area (Å²) in [6.45, 7) is 0.111. The van der Waals surface area contributed by atoms with Crippen molar-refractivity contribution in [3.8, 4) is 22.5 Å². The number of carbonyl (C=O) groups is 1. The van der Waals surface area contributed by atoms with E-state index >= 15 is 0 Å². The lowest BCUT2D eigenvalue weighted by atomic mass is 10.0. The number of hydrogen-bond donors (Lipinski definition) is 2. The number of rotatable bonds is 9. The number of nitrogens with two attached hydrogens (primary N) is 1. The summed E-state index contributed by atoms with van der Waals surface area (Å²) in [6.07, 6.45) is 6.57. The Hall–Kier alpha value is -3.56. The minimum absolute atomic E-state index is 0.111. The third-order valence-electron chi connectivity index (χ3n) is 5.91. The molecule has 0 atom stereocenters. The van der Waals surface area contributed by atoms with Crippen LogP contribution in [0.2, 0.25) is 0 Å². The number of sulfonamides is 1. The Bertz CT molecular complexity index is 1440. The van der Waals surface area contributed by atoms with E-state index in [0.717, 1.165) is 35.2 Å². The smallest absolute Gasteiger partial charge is 0.210 e. The molecule has 1 aliphatic rings. The van der Waals surface area contributed by atoms with Crippen LogP contribution in [0.15, 0.2) is 67.0 Å². The number of imidazole rings is 1. The second-order valence-corrected chi connectivity index (χ2v) is 10.4. The summed E-state index contributed by atoms with van der Waals surface area (Å²) in [5.41, 5.74) is 4.67. The molecule has 4 aromatic rings. The number of nitrogens with one attached hydrogen (secondary N) is 1. The Morgan fingerprint density at radius 3 is 2.47 bits per heavy atom. The summed E-state index contributed by atoms with van der Waals surface area (Å²) in [5.74, 6) is 0.979. The van der Waals surface area contributed by atoms with Crippen LogP contribution in [0.1, 0.15) is 29.6 Å². The number of nitrogens with zero attached hydrogens (tertiary/aromatic N) is 3. The fraction of sp³-hybridized carbons (Fsp3) is 0.240. The molecule has 174 valence electrons. The normalized spacial score (nSPS) is 13.8. The summed E-state index contributed by atoms with van der Waals surface area (Å²) < 4.78 is 24.7. The number of hydrogen-bond acceptors (Lipinski definition) is 6. The number of anilines is 1. The molecule has 8 nitrogen and oxygen atoms in total. The first-order valence-corrected chi connectivity index (χ1v) is 12.9. The summed E-state index contributed by atoms with van der Waals surface area (Å²) in [4.78, 5) is 21.7. The van der Waals surface area contributed by atoms with Crippen molar-refractivity contribution < 1.29 is 13.2 Å². The molecular weight excluding hydrogens is 450 g/mol. The molecule has 1 aliphatic carbocycles. The molecule has 1 saturated carbocycles. The second-order valence-electron chi connectivity index (χ2n) is 8.62. The third kappa shape index (κ3) is 5.00. The van der Waals surface area contributed by atoms with E-state index < -0.39 is 10.0 Å². The summed E-state index contributed by atoms with van der Waals surface area (Å²) >= 11 is 0. The van der Waals surface area contributed by atoms with Gasteiger partial charge in [-0.3, -0.25) is 9.20 Å². The fourth-order valence-corrected chi connectivity index (χ4v) is 4.30. The molecule has 3 N–H and O–H groups in total. The van der Waals surface area contributed by atoms with Gasteiger partial charge in [-0.1, -0.05) is 54.6 Å². The average Bonchev–Trinajstić information content (AvgIpc) is 3.54. The molecule has 2 aromatic carbocycles. The molecule has 0 unspecified atom stereocenters. The van der Waals surface area contributed by atoms with Crippen LogP contribution >= 0.6 is 0 Å². The van der Waals surface area contributed by atoms with E-state index in [1.165, 1.54) is 0 Å². The Balaban J connectivity index is 1.52. The Kier molecular flexibility index (Phi) is 5.89. The summed E-state index contributed by atoms with van der Waals surface area (Å²) in [5, 5.41) is 8.21. The van der Waals surface area contributed by atoms with Crippen LogP contribution in [-0.4, -0.2) is 40.9 Å². The van der Waals surface area contributed by atoms with Gasteiger partial charge in [-0.05, 0) is 18.8 Å². The Morgan fingerprint density at radius 2 is 1.79 bits per heavy atom. The number of ketones is 1. The lowest BCUT2D eigenvalue weighted by Crippen LogP contribution is -2.22. The van der Waals surface area contributed by atoms with Gasteiger partial charge in [0.1, 0.15) is 0 Å². The van der Waals surface area contributed by atoms with E-state index in [4.69, 9.17) is 10.1 Å². The van der Waals surface area contributed by atoms with Crippen LogP contribution in [0.25, 0.3) is 28.2 Å². The van der Waals surface area contributed by atoms with Gasteiger partial charge in [0.05, 0.1) is 23.3 Å². The molecule has 0 radical (unpaired) electrons. The van der Waals surface area contributed by atoms with Crippen LogP contribution in [-0.2, 0) is 10.0 Å². The van der Waals surface area contributed by atoms with Gasteiger partial charge in [-0.2, -0.15) is 0 Å². The fourth-order valence-electron chi connectivity index (χ4n) is 3.91. The first-order chi connectivity index (χ1) is 16.4. The van der Waals surface area contributed by atoms with Gasteiger partial charge in [0.25, 0.3) is 0 Å². The molecular formula is C25H25N5O3S. The lowest BCUT2D eigenvalue weighted by Gasteiger charge is -2.11. The van der Waals surface area contributed by atoms with E-state index in [2.05, 4.69) is 10.3 Å². The number of Topliss-reactive ketones (excluding diaryl/α,β-unsaturated/α-hetero) is 1. The number of fused-ring (bicyclic) bond motifs is 1. The van der Waals surface area contributed by atoms with Crippen molar-refractivity contribution in [2.24, 2.45) is 11.1 Å². The quantitative estimate of drug-likeness (QED) is 0.356. The second kappa shape index (κ2) is 9.00. The maximum atomic E-state index is 12.4. The van der Waals surface area contributed by atoms with Crippen molar-refractivity contribution in [2.45, 2.75) is 19.3 Å². The van der Waals surface area contributed by atoms with E-state index in [-0.39, 0.29) is 18.1 Å². The van der Waals surface area contributed by atoms with E-state index in [1.54, 1.807) is 6.20 Å². The molecule has 0 spiro atoms. The highest BCUT2D eigenvalue weighted by molar-refractivity contribution is 7.89. The molecule has 34 heavy (non-hydrogen) atoms. The zero-order chi connectivity index (χ0) is 23.7. The SMILES string of the molecule is NS(=O)(=O)CCNc1nc(-c2ccccc2)cn2c(-c3ccc(C(=O)CC4CC4)cc3)cnc12. The standard InChI is InChI=1S/C25H25N5O3S/c26-34(32,33)13-12-27-24-25-28-15-22(30(25)16-21(29-24)18-4-2-1-3-5-18)19-8-10-20(11-9-19)23(31)14-17-6-7-17/h1-5,8-11,15-17H,6-7,12-14H2,(H,27,29)(H2,26,32,33). The lowest BCUT2D eigenvalue weighted by molar-refractivity contribution is 0.0976. The number of primary sulfonamides is 1. The Labute approximate surface area is 197 Å². The van der Waals surface area contributed by atoms with Crippen molar-refractivity contribution in [2.75, 3.05) is 17.6 Å². The van der Waals surface area contributed by atoms with Gasteiger partial charge >= 0.3 is 0 Å². The molecule has 5 rings (SSSR count). The molecule has 0 bridgehead atoms. The van der Waals surface area contributed by atoms with Crippen molar-refractivity contribution in [1.82, 2.24) is 14.4 Å². The Morgan fingerprint density at radius 1 is 1.06 bits per heavy atom. The average molecular weight is 476 g/mol. The van der Waals surface area contributed by atoms with Crippen LogP contribution in [0.5, 0.6) is 0 Å². The number of benzene rings is 2. The number of carbonyl (C=O) groups excluding carboxylic acids is 1. The maximum absolute atomic E-state index is 12.4. The van der Waals surface area contributed by atoms with Gasteiger partial charge in [-0.25, -0.2) is 23.5 Å². The zero-order valence-corrected chi connectivity index (χ0v) is 19.3. The highest BCUT2D eigenvalue weighted by Gasteiger charge is 2.25. The van der Waals surface area contributed by atoms with Crippen molar-refractivity contribution in [1.29, 1.82) is 0 Å². The molecule has 0 saturated heterocycles. The topological polar surface area (TPSA) is 119 Å². The molecule has 0 amide bonds. The minimum Gasteiger partial charge on any atom is -0.366 e. The van der Waals surface area contributed by atoms with Crippen LogP contribution in [0, 0.1) is 5.92 Å². The van der Waals surface area contributed by atoms with E-state index in [9.17, 15) is 13.2 Å². The minimum atomic E-state index is -3.61. The van der Waals surface area contributed by atoms with Gasteiger partial charge in [0.15, 0.2) is 17.2 Å². The largest absolute Gasteiger partial charge is 0.366 e. The predicted molar refractivity (Wildman–Crippen MR) is 132 cm³/mol. The van der Waals surface area contributed by atoms with Crippen molar-refractivity contribution >= 4 is 27.3 Å². The van der Waals surface area contributed by atoms with Crippen LogP contribution in [0.4, 0.5) is 5.82 Å². The van der Waals surface area contributed by atoms with Gasteiger partial charge in [0.2, 0.25) is 10.0 Å². The van der Waals surface area contributed by atoms with Gasteiger partial charge in [0, 0.05) is 35.9 Å². The van der Waals surface area contributed by atoms with Crippen LogP contribution in [0.3, 0.4) is 0 Å². The highest BCUT2D eigenvalue weighted by atomic mass is 32.2. The van der Waals surface area contributed by atoms with E-state index in [1.807, 2.05) is 65.2 Å². The van der Waals surface area contributed by atoms with Crippen molar-refractivity contribution in [3.05, 3.63) is 72.6 Å².